The third kappa shape index (κ3) is 2.99. The number of nitrogens with one attached hydrogen (secondary N) is 1. The molecule has 17 heavy (non-hydrogen) atoms. The van der Waals surface area contributed by atoms with Gasteiger partial charge in [0.2, 0.25) is 0 Å². The third-order valence-electron chi connectivity index (χ3n) is 2.99. The largest absolute Gasteiger partial charge is 0.493 e. The molecule has 3 heteroatoms. The van der Waals surface area contributed by atoms with Crippen molar-refractivity contribution >= 4 is 5.91 Å². The second-order valence-electron chi connectivity index (χ2n) is 4.38. The lowest BCUT2D eigenvalue weighted by Gasteiger charge is -2.17. The Morgan fingerprint density at radius 1 is 1.47 bits per heavy atom. The fourth-order valence-corrected chi connectivity index (χ4v) is 1.98. The van der Waals surface area contributed by atoms with Crippen LogP contribution in [0, 0.1) is 0 Å². The van der Waals surface area contributed by atoms with Gasteiger partial charge in [-0.15, -0.1) is 0 Å². The van der Waals surface area contributed by atoms with Gasteiger partial charge in [-0.3, -0.25) is 4.79 Å². The highest BCUT2D eigenvalue weighted by atomic mass is 16.5. The van der Waals surface area contributed by atoms with E-state index in [1.165, 1.54) is 0 Å². The van der Waals surface area contributed by atoms with E-state index in [1.807, 2.05) is 18.2 Å². The van der Waals surface area contributed by atoms with Crippen LogP contribution in [-0.4, -0.2) is 19.1 Å². The maximum atomic E-state index is 11.9. The number of carbonyl (C=O) groups is 1. The van der Waals surface area contributed by atoms with E-state index in [2.05, 4.69) is 12.2 Å². The minimum Gasteiger partial charge on any atom is -0.493 e. The number of benzene rings is 1. The van der Waals surface area contributed by atoms with Crippen LogP contribution in [0.4, 0.5) is 0 Å². The first-order chi connectivity index (χ1) is 8.31. The highest BCUT2D eigenvalue weighted by Crippen LogP contribution is 2.25. The topological polar surface area (TPSA) is 38.3 Å². The number of fused-ring (bicyclic) bond motifs is 1. The second kappa shape index (κ2) is 5.71. The van der Waals surface area contributed by atoms with E-state index in [0.717, 1.165) is 55.7 Å². The molecular weight excluding hydrogens is 214 g/mol. The first-order valence-electron chi connectivity index (χ1n) is 6.35. The van der Waals surface area contributed by atoms with Crippen LogP contribution in [0.1, 0.15) is 42.1 Å². The van der Waals surface area contributed by atoms with Crippen LogP contribution in [0.3, 0.4) is 0 Å². The van der Waals surface area contributed by atoms with Crippen LogP contribution >= 0.6 is 0 Å². The summed E-state index contributed by atoms with van der Waals surface area (Å²) in [6, 6.07) is 5.70. The van der Waals surface area contributed by atoms with Crippen LogP contribution in [0.2, 0.25) is 0 Å². The zero-order chi connectivity index (χ0) is 12.1. The first-order valence-corrected chi connectivity index (χ1v) is 6.35. The molecule has 1 N–H and O–H groups in total. The van der Waals surface area contributed by atoms with Crippen molar-refractivity contribution in [3.05, 3.63) is 29.3 Å². The van der Waals surface area contributed by atoms with Gasteiger partial charge in [-0.1, -0.05) is 13.3 Å². The van der Waals surface area contributed by atoms with Crippen molar-refractivity contribution in [3.8, 4) is 5.75 Å². The predicted octanol–water partition coefficient (Wildman–Crippen LogP) is 2.54. The average molecular weight is 233 g/mol. The zero-order valence-corrected chi connectivity index (χ0v) is 10.3. The van der Waals surface area contributed by atoms with Crippen molar-refractivity contribution in [3.63, 3.8) is 0 Å². The van der Waals surface area contributed by atoms with E-state index >= 15 is 0 Å². The molecule has 1 amide bonds. The molecule has 1 heterocycles. The second-order valence-corrected chi connectivity index (χ2v) is 4.38. The van der Waals surface area contributed by atoms with Crippen molar-refractivity contribution in [2.75, 3.05) is 13.2 Å². The molecular formula is C14H19NO2. The Bertz CT molecular complexity index is 401. The molecule has 0 aliphatic carbocycles. The van der Waals surface area contributed by atoms with Crippen molar-refractivity contribution in [2.45, 2.75) is 32.6 Å². The van der Waals surface area contributed by atoms with Crippen molar-refractivity contribution < 1.29 is 9.53 Å². The molecule has 0 spiro atoms. The Kier molecular flexibility index (Phi) is 4.02. The Balaban J connectivity index is 2.03. The van der Waals surface area contributed by atoms with Gasteiger partial charge in [0.05, 0.1) is 6.61 Å². The molecule has 0 unspecified atom stereocenters. The summed E-state index contributed by atoms with van der Waals surface area (Å²) in [5.41, 5.74) is 1.89. The molecule has 2 rings (SSSR count). The third-order valence-corrected chi connectivity index (χ3v) is 2.99. The quantitative estimate of drug-likeness (QED) is 0.812. The minimum atomic E-state index is 0.0202. The first kappa shape index (κ1) is 12.0. The summed E-state index contributed by atoms with van der Waals surface area (Å²) in [6.07, 6.45) is 4.16. The van der Waals surface area contributed by atoms with Crippen LogP contribution in [0.15, 0.2) is 18.2 Å². The lowest BCUT2D eigenvalue weighted by Crippen LogP contribution is -2.24. The van der Waals surface area contributed by atoms with Crippen LogP contribution < -0.4 is 10.1 Å². The van der Waals surface area contributed by atoms with Gasteiger partial charge in [0.1, 0.15) is 5.75 Å². The van der Waals surface area contributed by atoms with Crippen LogP contribution in [0.25, 0.3) is 0 Å². The van der Waals surface area contributed by atoms with E-state index in [1.54, 1.807) is 0 Å². The summed E-state index contributed by atoms with van der Waals surface area (Å²) in [7, 11) is 0. The highest BCUT2D eigenvalue weighted by molar-refractivity contribution is 5.94. The van der Waals surface area contributed by atoms with Gasteiger partial charge in [-0.05, 0) is 43.0 Å². The number of amides is 1. The smallest absolute Gasteiger partial charge is 0.251 e. The molecule has 0 aromatic heterocycles. The average Bonchev–Trinajstić information content (AvgIpc) is 2.38. The molecule has 0 bridgehead atoms. The summed E-state index contributed by atoms with van der Waals surface area (Å²) >= 11 is 0. The summed E-state index contributed by atoms with van der Waals surface area (Å²) in [5, 5.41) is 2.93. The Labute approximate surface area is 102 Å². The van der Waals surface area contributed by atoms with E-state index in [4.69, 9.17) is 4.74 Å². The van der Waals surface area contributed by atoms with Crippen molar-refractivity contribution in [1.29, 1.82) is 0 Å². The number of ether oxygens (including phenoxy) is 1. The molecule has 0 saturated carbocycles. The Morgan fingerprint density at radius 2 is 2.35 bits per heavy atom. The summed E-state index contributed by atoms with van der Waals surface area (Å²) in [5.74, 6) is 0.952. The van der Waals surface area contributed by atoms with E-state index in [9.17, 15) is 4.79 Å². The molecule has 0 atom stereocenters. The molecule has 0 radical (unpaired) electrons. The summed E-state index contributed by atoms with van der Waals surface area (Å²) in [4.78, 5) is 11.9. The van der Waals surface area contributed by atoms with E-state index in [-0.39, 0.29) is 5.91 Å². The van der Waals surface area contributed by atoms with Crippen LogP contribution in [0.5, 0.6) is 5.75 Å². The number of hydrogen-bond donors (Lipinski definition) is 1. The maximum absolute atomic E-state index is 11.9. The molecule has 0 fully saturated rings. The Hall–Kier alpha value is -1.51. The number of hydrogen-bond acceptors (Lipinski definition) is 2. The molecule has 3 nitrogen and oxygen atoms in total. The fraction of sp³-hybridized carbons (Fsp3) is 0.500. The number of aryl methyl sites for hydroxylation is 1. The monoisotopic (exact) mass is 233 g/mol. The lowest BCUT2D eigenvalue weighted by atomic mass is 10.0. The summed E-state index contributed by atoms with van der Waals surface area (Å²) in [6.45, 7) is 3.65. The normalized spacial score (nSPS) is 13.7. The number of carbonyl (C=O) groups excluding carboxylic acids is 1. The van der Waals surface area contributed by atoms with Gasteiger partial charge < -0.3 is 10.1 Å². The maximum Gasteiger partial charge on any atom is 0.251 e. The standard InChI is InChI=1S/C14H19NO2/c1-2-3-8-15-14(16)12-6-7-13-11(10-12)5-4-9-17-13/h6-7,10H,2-5,8-9H2,1H3,(H,15,16). The molecule has 1 aromatic carbocycles. The lowest BCUT2D eigenvalue weighted by molar-refractivity contribution is 0.0953. The molecule has 0 saturated heterocycles. The molecule has 1 aromatic rings. The summed E-state index contributed by atoms with van der Waals surface area (Å²) < 4.78 is 5.53. The van der Waals surface area contributed by atoms with Gasteiger partial charge in [0, 0.05) is 12.1 Å². The van der Waals surface area contributed by atoms with E-state index < -0.39 is 0 Å². The zero-order valence-electron chi connectivity index (χ0n) is 10.3. The predicted molar refractivity (Wildman–Crippen MR) is 67.5 cm³/mol. The highest BCUT2D eigenvalue weighted by Gasteiger charge is 2.13. The molecule has 1 aliphatic heterocycles. The van der Waals surface area contributed by atoms with E-state index in [0.29, 0.717) is 0 Å². The fourth-order valence-electron chi connectivity index (χ4n) is 1.98. The van der Waals surface area contributed by atoms with Gasteiger partial charge in [0.15, 0.2) is 0 Å². The van der Waals surface area contributed by atoms with Crippen molar-refractivity contribution in [2.24, 2.45) is 0 Å². The van der Waals surface area contributed by atoms with Gasteiger partial charge >= 0.3 is 0 Å². The Morgan fingerprint density at radius 3 is 3.18 bits per heavy atom. The minimum absolute atomic E-state index is 0.0202. The number of unbranched alkanes of at least 4 members (excludes halogenated alkanes) is 1. The van der Waals surface area contributed by atoms with Crippen molar-refractivity contribution in [1.82, 2.24) is 5.32 Å². The molecule has 1 aliphatic rings. The van der Waals surface area contributed by atoms with Crippen LogP contribution in [-0.2, 0) is 6.42 Å². The number of rotatable bonds is 4. The van der Waals surface area contributed by atoms with Gasteiger partial charge in [-0.25, -0.2) is 0 Å². The molecule has 92 valence electrons. The SMILES string of the molecule is CCCCNC(=O)c1ccc2c(c1)CCCO2. The van der Waals surface area contributed by atoms with Gasteiger partial charge in [0.25, 0.3) is 5.91 Å². The van der Waals surface area contributed by atoms with Gasteiger partial charge in [-0.2, -0.15) is 0 Å².